The number of aryl methyl sites for hydroxylation is 2. The van der Waals surface area contributed by atoms with Gasteiger partial charge in [0.15, 0.2) is 0 Å². The zero-order valence-electron chi connectivity index (χ0n) is 36.7. The lowest BCUT2D eigenvalue weighted by Crippen LogP contribution is -2.60. The van der Waals surface area contributed by atoms with E-state index in [1.807, 2.05) is 0 Å². The summed E-state index contributed by atoms with van der Waals surface area (Å²) in [7, 11) is 0. The topological polar surface area (TPSA) is 36.0 Å². The van der Waals surface area contributed by atoms with E-state index in [1.54, 1.807) is 0 Å². The van der Waals surface area contributed by atoms with Crippen molar-refractivity contribution in [3.8, 4) is 0 Å². The zero-order chi connectivity index (χ0) is 42.7. The summed E-state index contributed by atoms with van der Waals surface area (Å²) < 4.78 is 14.5. The Kier molecular flexibility index (Phi) is 8.47. The number of rotatable bonds is 5. The van der Waals surface area contributed by atoms with Gasteiger partial charge < -0.3 is 23.5 Å². The molecule has 0 radical (unpaired) electrons. The van der Waals surface area contributed by atoms with Crippen molar-refractivity contribution in [2.45, 2.75) is 66.2 Å². The normalized spacial score (nSPS) is 13.4. The molecule has 2 aliphatic rings. The summed E-state index contributed by atoms with van der Waals surface area (Å²) in [6.07, 6.45) is 0. The second-order valence-electron chi connectivity index (χ2n) is 19.2. The molecule has 11 rings (SSSR count). The molecule has 62 heavy (non-hydrogen) atoms. The minimum atomic E-state index is -0.333. The van der Waals surface area contributed by atoms with E-state index < -0.39 is 0 Å². The highest BCUT2D eigenvalue weighted by atomic mass is 16.3. The average molecular weight is 808 g/mol. The number of furan rings is 2. The van der Waals surface area contributed by atoms with Gasteiger partial charge in [-0.15, -0.1) is 0 Å². The Morgan fingerprint density at radius 2 is 0.855 bits per heavy atom. The molecule has 0 saturated heterocycles. The summed E-state index contributed by atoms with van der Waals surface area (Å²) in [5, 5.41) is 2.17. The van der Waals surface area contributed by atoms with Gasteiger partial charge in [-0.25, -0.2) is 0 Å². The SMILES string of the molecule is Cc1ccc(N2c3cc(N(c4ccccc4)c4ccccc4)cc4c3B(c3oc5ccc(C(C)(C)C)cc5c32)c2oc3ccc(C(C)(C)C)cc3c2N4c2ccc(C)cc2)cc1. The van der Waals surface area contributed by atoms with Gasteiger partial charge in [-0.05, 0) is 126 Å². The molecule has 0 N–H and O–H groups in total. The first kappa shape index (κ1) is 38.0. The third kappa shape index (κ3) is 5.99. The number of hydrogen-bond acceptors (Lipinski definition) is 5. The summed E-state index contributed by atoms with van der Waals surface area (Å²) >= 11 is 0. The van der Waals surface area contributed by atoms with E-state index in [-0.39, 0.29) is 17.5 Å². The fraction of sp³-hybridized carbons (Fsp3) is 0.179. The lowest BCUT2D eigenvalue weighted by molar-refractivity contribution is 0.590. The molecular formula is C56H50BN3O2. The van der Waals surface area contributed by atoms with Crippen LogP contribution in [0, 0.1) is 13.8 Å². The standard InChI is InChI=1S/C56H50BN3O2/c1-35-19-25-41(26-20-35)59-46-33-43(58(39-15-11-9-12-16-39)40-17-13-10-14-18-40)34-47-50(46)57(53-51(59)44-31-37(55(3,4)5)23-29-48(44)61-53)54-52(60(47)42-27-21-36(2)22-28-42)45-32-38(56(6,7)8)24-30-49(45)62-54/h9-34H,1-8H3. The number of para-hydroxylation sites is 2. The molecule has 9 aromatic rings. The van der Waals surface area contributed by atoms with E-state index in [0.717, 1.165) is 89.9 Å². The van der Waals surface area contributed by atoms with E-state index in [9.17, 15) is 0 Å². The highest BCUT2D eigenvalue weighted by Gasteiger charge is 2.50. The highest BCUT2D eigenvalue weighted by Crippen LogP contribution is 2.51. The van der Waals surface area contributed by atoms with Crippen LogP contribution in [0.4, 0.5) is 51.2 Å². The van der Waals surface area contributed by atoms with Crippen LogP contribution < -0.4 is 31.5 Å². The van der Waals surface area contributed by atoms with Gasteiger partial charge in [0.05, 0.1) is 17.1 Å². The Labute approximate surface area is 364 Å². The molecule has 0 fully saturated rings. The summed E-state index contributed by atoms with van der Waals surface area (Å²) in [4.78, 5) is 7.30. The van der Waals surface area contributed by atoms with Gasteiger partial charge in [0.1, 0.15) is 22.5 Å². The van der Waals surface area contributed by atoms with Gasteiger partial charge in [0.25, 0.3) is 0 Å². The third-order valence-corrected chi connectivity index (χ3v) is 12.8. The van der Waals surface area contributed by atoms with E-state index in [2.05, 4.69) is 228 Å². The van der Waals surface area contributed by atoms with Crippen LogP contribution in [0.5, 0.6) is 0 Å². The molecule has 0 bridgehead atoms. The quantitative estimate of drug-likeness (QED) is 0.162. The number of hydrogen-bond donors (Lipinski definition) is 0. The average Bonchev–Trinajstić information content (AvgIpc) is 3.83. The van der Waals surface area contributed by atoms with Crippen molar-refractivity contribution in [1.82, 2.24) is 0 Å². The van der Waals surface area contributed by atoms with E-state index in [1.165, 1.54) is 22.3 Å². The smallest absolute Gasteiger partial charge is 0.342 e. The molecule has 0 amide bonds. The lowest BCUT2D eigenvalue weighted by Gasteiger charge is -2.42. The fourth-order valence-electron chi connectivity index (χ4n) is 9.54. The fourth-order valence-corrected chi connectivity index (χ4v) is 9.54. The minimum absolute atomic E-state index is 0.0676. The van der Waals surface area contributed by atoms with Crippen molar-refractivity contribution in [1.29, 1.82) is 0 Å². The van der Waals surface area contributed by atoms with Crippen LogP contribution in [0.1, 0.15) is 63.8 Å². The van der Waals surface area contributed by atoms with Crippen LogP contribution in [0.3, 0.4) is 0 Å². The van der Waals surface area contributed by atoms with Gasteiger partial charge in [0.2, 0.25) is 0 Å². The molecule has 304 valence electrons. The van der Waals surface area contributed by atoms with Crippen LogP contribution in [0.2, 0.25) is 0 Å². The van der Waals surface area contributed by atoms with Gasteiger partial charge in [-0.3, -0.25) is 0 Å². The van der Waals surface area contributed by atoms with Gasteiger partial charge >= 0.3 is 6.71 Å². The molecule has 5 nitrogen and oxygen atoms in total. The molecule has 2 aliphatic heterocycles. The van der Waals surface area contributed by atoms with Gasteiger partial charge in [-0.2, -0.15) is 0 Å². The Bertz CT molecular complexity index is 2960. The first-order valence-corrected chi connectivity index (χ1v) is 21.8. The van der Waals surface area contributed by atoms with Crippen LogP contribution in [0.15, 0.2) is 167 Å². The molecule has 4 heterocycles. The van der Waals surface area contributed by atoms with Crippen molar-refractivity contribution in [3.63, 3.8) is 0 Å². The predicted octanol–water partition coefficient (Wildman–Crippen LogP) is 13.9. The van der Waals surface area contributed by atoms with E-state index in [0.29, 0.717) is 0 Å². The third-order valence-electron chi connectivity index (χ3n) is 12.8. The molecule has 0 spiro atoms. The van der Waals surface area contributed by atoms with Crippen LogP contribution in [0.25, 0.3) is 21.9 Å². The second-order valence-corrected chi connectivity index (χ2v) is 19.2. The maximum absolute atomic E-state index is 7.26. The molecule has 7 aromatic carbocycles. The summed E-state index contributed by atoms with van der Waals surface area (Å²) in [6.45, 7) is 17.6. The summed E-state index contributed by atoms with van der Waals surface area (Å²) in [5.41, 5.74) is 19.0. The minimum Gasteiger partial charge on any atom is -0.468 e. The first-order chi connectivity index (χ1) is 29.8. The van der Waals surface area contributed by atoms with E-state index >= 15 is 0 Å². The van der Waals surface area contributed by atoms with E-state index in [4.69, 9.17) is 8.83 Å². The predicted molar refractivity (Wildman–Crippen MR) is 262 cm³/mol. The number of benzene rings is 7. The lowest BCUT2D eigenvalue weighted by atomic mass is 9.37. The number of fused-ring (bicyclic) bond motifs is 8. The monoisotopic (exact) mass is 807 g/mol. The Morgan fingerprint density at radius 1 is 0.452 bits per heavy atom. The van der Waals surface area contributed by atoms with Crippen LogP contribution in [-0.4, -0.2) is 6.71 Å². The largest absolute Gasteiger partial charge is 0.468 e. The molecule has 0 atom stereocenters. The van der Waals surface area contributed by atoms with Crippen molar-refractivity contribution in [3.05, 3.63) is 180 Å². The van der Waals surface area contributed by atoms with Crippen molar-refractivity contribution < 1.29 is 8.83 Å². The molecular weight excluding hydrogens is 757 g/mol. The highest BCUT2D eigenvalue weighted by molar-refractivity contribution is 6.99. The Morgan fingerprint density at radius 3 is 1.24 bits per heavy atom. The van der Waals surface area contributed by atoms with Crippen molar-refractivity contribution in [2.75, 3.05) is 14.7 Å². The molecule has 0 saturated carbocycles. The summed E-state index contributed by atoms with van der Waals surface area (Å²) in [5.74, 6) is 0. The van der Waals surface area contributed by atoms with Crippen molar-refractivity contribution in [2.24, 2.45) is 0 Å². The maximum atomic E-state index is 7.26. The maximum Gasteiger partial charge on any atom is 0.342 e. The molecule has 0 aliphatic carbocycles. The van der Waals surface area contributed by atoms with Gasteiger partial charge in [-0.1, -0.05) is 125 Å². The number of anilines is 9. The number of nitrogens with zero attached hydrogens (tertiary/aromatic N) is 3. The van der Waals surface area contributed by atoms with Gasteiger partial charge in [0, 0.05) is 44.9 Å². The molecule has 0 unspecified atom stereocenters. The first-order valence-electron chi connectivity index (χ1n) is 21.8. The zero-order valence-corrected chi connectivity index (χ0v) is 36.7. The van der Waals surface area contributed by atoms with Crippen LogP contribution >= 0.6 is 0 Å². The second kappa shape index (κ2) is 13.8. The Hall–Kier alpha value is -6.92. The summed E-state index contributed by atoms with van der Waals surface area (Å²) in [6, 6.07) is 57.5. The van der Waals surface area contributed by atoms with Crippen molar-refractivity contribution >= 4 is 96.6 Å². The molecule has 2 aromatic heterocycles. The molecule has 6 heteroatoms. The van der Waals surface area contributed by atoms with Crippen LogP contribution in [-0.2, 0) is 10.8 Å². The Balaban J connectivity index is 1.32.